The number of ether oxygens (including phenoxy) is 1. The molecular formula is C26H29FN4O4. The molecule has 1 aliphatic heterocycles. The summed E-state index contributed by atoms with van der Waals surface area (Å²) in [6.07, 6.45) is 0.146. The summed E-state index contributed by atoms with van der Waals surface area (Å²) in [6, 6.07) is 13.4. The molecule has 1 aliphatic rings. The number of piperazine rings is 1. The molecule has 35 heavy (non-hydrogen) atoms. The van der Waals surface area contributed by atoms with Crippen LogP contribution in [-0.4, -0.2) is 65.4 Å². The van der Waals surface area contributed by atoms with Crippen LogP contribution in [0.2, 0.25) is 0 Å². The third-order valence-electron chi connectivity index (χ3n) is 6.29. The first-order valence-electron chi connectivity index (χ1n) is 11.6. The molecule has 0 spiro atoms. The number of para-hydroxylation sites is 2. The normalized spacial score (nSPS) is 13.7. The number of anilines is 1. The van der Waals surface area contributed by atoms with Gasteiger partial charge in [-0.25, -0.2) is 9.37 Å². The second-order valence-corrected chi connectivity index (χ2v) is 8.41. The summed E-state index contributed by atoms with van der Waals surface area (Å²) in [7, 11) is 1.63. The molecule has 0 atom stereocenters. The number of aliphatic hydroxyl groups is 1. The van der Waals surface area contributed by atoms with Gasteiger partial charge in [0.25, 0.3) is 5.56 Å². The summed E-state index contributed by atoms with van der Waals surface area (Å²) in [5.41, 5.74) is 2.00. The highest BCUT2D eigenvalue weighted by Gasteiger charge is 2.25. The van der Waals surface area contributed by atoms with E-state index >= 15 is 0 Å². The molecule has 184 valence electrons. The van der Waals surface area contributed by atoms with Crippen LogP contribution in [-0.2, 0) is 17.8 Å². The summed E-state index contributed by atoms with van der Waals surface area (Å²) >= 11 is 0. The number of hydrogen-bond donors (Lipinski definition) is 1. The molecule has 0 radical (unpaired) electrons. The van der Waals surface area contributed by atoms with Crippen molar-refractivity contribution in [2.24, 2.45) is 0 Å². The Morgan fingerprint density at radius 2 is 1.77 bits per heavy atom. The highest BCUT2D eigenvalue weighted by Crippen LogP contribution is 2.28. The van der Waals surface area contributed by atoms with E-state index in [-0.39, 0.29) is 31.0 Å². The number of amides is 1. The van der Waals surface area contributed by atoms with Crippen LogP contribution >= 0.6 is 0 Å². The topological polar surface area (TPSA) is 87.9 Å². The summed E-state index contributed by atoms with van der Waals surface area (Å²) in [5.74, 6) is 0.483. The summed E-state index contributed by atoms with van der Waals surface area (Å²) in [5, 5.41) is 9.41. The molecule has 0 aliphatic carbocycles. The fraction of sp³-hybridized carbons (Fsp3) is 0.346. The zero-order valence-electron chi connectivity index (χ0n) is 19.9. The van der Waals surface area contributed by atoms with Gasteiger partial charge in [-0.15, -0.1) is 0 Å². The standard InChI is InChI=1S/C26H29FN4O4/c1-18-21(11-16-32)26(34)31(25(28-18)19-7-9-20(27)10-8-19)17-24(33)30-14-12-29(13-15-30)22-5-3-4-6-23(22)35-2/h3-10,32H,11-17H2,1-2H3. The van der Waals surface area contributed by atoms with Crippen LogP contribution in [0.25, 0.3) is 11.4 Å². The van der Waals surface area contributed by atoms with Gasteiger partial charge in [-0.3, -0.25) is 14.2 Å². The smallest absolute Gasteiger partial charge is 0.257 e. The molecule has 1 aromatic heterocycles. The minimum Gasteiger partial charge on any atom is -0.495 e. The molecule has 9 heteroatoms. The van der Waals surface area contributed by atoms with Gasteiger partial charge in [0.2, 0.25) is 5.91 Å². The Balaban J connectivity index is 1.57. The Labute approximate surface area is 203 Å². The molecule has 4 rings (SSSR count). The van der Waals surface area contributed by atoms with Crippen molar-refractivity contribution in [3.63, 3.8) is 0 Å². The molecule has 3 aromatic rings. The number of aromatic nitrogens is 2. The van der Waals surface area contributed by atoms with E-state index in [0.29, 0.717) is 48.8 Å². The average Bonchev–Trinajstić information content (AvgIpc) is 2.88. The van der Waals surface area contributed by atoms with E-state index in [1.807, 2.05) is 24.3 Å². The number of carbonyl (C=O) groups excluding carboxylic acids is 1. The van der Waals surface area contributed by atoms with Gasteiger partial charge in [-0.1, -0.05) is 12.1 Å². The van der Waals surface area contributed by atoms with Gasteiger partial charge in [0.1, 0.15) is 23.9 Å². The molecule has 0 saturated carbocycles. The number of nitrogens with zero attached hydrogens (tertiary/aromatic N) is 4. The Hall–Kier alpha value is -3.72. The summed E-state index contributed by atoms with van der Waals surface area (Å²) < 4.78 is 20.3. The van der Waals surface area contributed by atoms with Crippen molar-refractivity contribution in [3.8, 4) is 17.1 Å². The second-order valence-electron chi connectivity index (χ2n) is 8.41. The maximum atomic E-state index is 13.5. The van der Waals surface area contributed by atoms with Crippen LogP contribution in [0.3, 0.4) is 0 Å². The molecule has 1 amide bonds. The minimum absolute atomic E-state index is 0.146. The van der Waals surface area contributed by atoms with Crippen LogP contribution in [0.5, 0.6) is 5.75 Å². The zero-order valence-corrected chi connectivity index (χ0v) is 19.9. The molecule has 0 unspecified atom stereocenters. The van der Waals surface area contributed by atoms with Gasteiger partial charge in [0.15, 0.2) is 0 Å². The predicted molar refractivity (Wildman–Crippen MR) is 131 cm³/mol. The number of carbonyl (C=O) groups is 1. The fourth-order valence-corrected chi connectivity index (χ4v) is 4.39. The van der Waals surface area contributed by atoms with Gasteiger partial charge in [0, 0.05) is 56.0 Å². The SMILES string of the molecule is COc1ccccc1N1CCN(C(=O)Cn2c(-c3ccc(F)cc3)nc(C)c(CCO)c2=O)CC1. The van der Waals surface area contributed by atoms with Crippen molar-refractivity contribution in [1.29, 1.82) is 0 Å². The lowest BCUT2D eigenvalue weighted by Gasteiger charge is -2.36. The van der Waals surface area contributed by atoms with E-state index in [1.54, 1.807) is 18.9 Å². The number of halogens is 1. The lowest BCUT2D eigenvalue weighted by atomic mass is 10.1. The third kappa shape index (κ3) is 5.19. The van der Waals surface area contributed by atoms with Gasteiger partial charge in [-0.2, -0.15) is 0 Å². The number of aryl methyl sites for hydroxylation is 1. The minimum atomic E-state index is -0.403. The van der Waals surface area contributed by atoms with Gasteiger partial charge >= 0.3 is 0 Å². The Bertz CT molecular complexity index is 1250. The van der Waals surface area contributed by atoms with Crippen LogP contribution < -0.4 is 15.2 Å². The van der Waals surface area contributed by atoms with Crippen LogP contribution in [0.15, 0.2) is 53.3 Å². The lowest BCUT2D eigenvalue weighted by Crippen LogP contribution is -2.50. The molecule has 1 N–H and O–H groups in total. The van der Waals surface area contributed by atoms with Crippen molar-refractivity contribution >= 4 is 11.6 Å². The monoisotopic (exact) mass is 480 g/mol. The van der Waals surface area contributed by atoms with E-state index in [4.69, 9.17) is 4.74 Å². The third-order valence-corrected chi connectivity index (χ3v) is 6.29. The van der Waals surface area contributed by atoms with Crippen molar-refractivity contribution < 1.29 is 19.0 Å². The number of hydrogen-bond acceptors (Lipinski definition) is 6. The molecule has 0 bridgehead atoms. The molecule has 2 heterocycles. The van der Waals surface area contributed by atoms with Crippen molar-refractivity contribution in [2.45, 2.75) is 19.9 Å². The van der Waals surface area contributed by atoms with E-state index in [1.165, 1.54) is 28.8 Å². The zero-order chi connectivity index (χ0) is 24.9. The Kier molecular flexibility index (Phi) is 7.45. The maximum absolute atomic E-state index is 13.5. The van der Waals surface area contributed by atoms with E-state index < -0.39 is 5.82 Å². The summed E-state index contributed by atoms with van der Waals surface area (Å²) in [4.78, 5) is 35.0. The quantitative estimate of drug-likeness (QED) is 0.558. The first-order valence-corrected chi connectivity index (χ1v) is 11.6. The largest absolute Gasteiger partial charge is 0.495 e. The Morgan fingerprint density at radius 3 is 2.43 bits per heavy atom. The van der Waals surface area contributed by atoms with Crippen molar-refractivity contribution in [2.75, 3.05) is 44.8 Å². The number of rotatable bonds is 7. The number of methoxy groups -OCH3 is 1. The maximum Gasteiger partial charge on any atom is 0.257 e. The predicted octanol–water partition coefficient (Wildman–Crippen LogP) is 2.25. The van der Waals surface area contributed by atoms with Crippen LogP contribution in [0.1, 0.15) is 11.3 Å². The number of aliphatic hydroxyl groups excluding tert-OH is 1. The van der Waals surface area contributed by atoms with Gasteiger partial charge < -0.3 is 19.6 Å². The van der Waals surface area contributed by atoms with Crippen molar-refractivity contribution in [3.05, 3.63) is 76.0 Å². The Morgan fingerprint density at radius 1 is 1.09 bits per heavy atom. The van der Waals surface area contributed by atoms with Crippen molar-refractivity contribution in [1.82, 2.24) is 14.5 Å². The second kappa shape index (κ2) is 10.7. The number of benzene rings is 2. The highest BCUT2D eigenvalue weighted by atomic mass is 19.1. The summed E-state index contributed by atoms with van der Waals surface area (Å²) in [6.45, 7) is 3.57. The van der Waals surface area contributed by atoms with E-state index in [0.717, 1.165) is 11.4 Å². The first-order chi connectivity index (χ1) is 16.9. The molecular weight excluding hydrogens is 451 g/mol. The molecule has 8 nitrogen and oxygen atoms in total. The fourth-order valence-electron chi connectivity index (χ4n) is 4.39. The highest BCUT2D eigenvalue weighted by molar-refractivity contribution is 5.77. The molecule has 2 aromatic carbocycles. The van der Waals surface area contributed by atoms with Crippen LogP contribution in [0, 0.1) is 12.7 Å². The first kappa shape index (κ1) is 24.4. The van der Waals surface area contributed by atoms with Crippen LogP contribution in [0.4, 0.5) is 10.1 Å². The molecule has 1 fully saturated rings. The van der Waals surface area contributed by atoms with E-state index in [9.17, 15) is 19.1 Å². The molecule has 1 saturated heterocycles. The van der Waals surface area contributed by atoms with E-state index in [2.05, 4.69) is 9.88 Å². The van der Waals surface area contributed by atoms with Gasteiger partial charge in [-0.05, 0) is 43.3 Å². The lowest BCUT2D eigenvalue weighted by molar-refractivity contribution is -0.132. The van der Waals surface area contributed by atoms with Gasteiger partial charge in [0.05, 0.1) is 12.8 Å². The average molecular weight is 481 g/mol.